The number of benzene rings is 1. The van der Waals surface area contributed by atoms with Crippen molar-refractivity contribution >= 4 is 11.0 Å². The molecule has 96 valence electrons. The fraction of sp³-hybridized carbons (Fsp3) is 0.133. The minimum absolute atomic E-state index is 0.0337. The highest BCUT2D eigenvalue weighted by Crippen LogP contribution is 2.28. The Morgan fingerprint density at radius 1 is 1.16 bits per heavy atom. The fourth-order valence-electron chi connectivity index (χ4n) is 1.99. The molecule has 1 aromatic carbocycles. The molecule has 2 heterocycles. The van der Waals surface area contributed by atoms with Crippen molar-refractivity contribution in [2.45, 2.75) is 13.0 Å². The number of hydrogen-bond donors (Lipinski definition) is 2. The Hall–Kier alpha value is -2.33. The maximum absolute atomic E-state index is 5.88. The normalized spacial score (nSPS) is 12.5. The van der Waals surface area contributed by atoms with Crippen molar-refractivity contribution in [2.24, 2.45) is 5.73 Å². The number of hydrogen-bond acceptors (Lipinski definition) is 3. The number of nitrogens with zero attached hydrogens (tertiary/aromatic N) is 1. The molecule has 0 spiro atoms. The number of H-pyrrole nitrogens is 1. The van der Waals surface area contributed by atoms with Crippen LogP contribution < -0.4 is 10.5 Å². The molecule has 4 nitrogen and oxygen atoms in total. The first kappa shape index (κ1) is 11.7. The van der Waals surface area contributed by atoms with Crippen molar-refractivity contribution < 1.29 is 4.74 Å². The Bertz CT molecular complexity index is 686. The molecular weight excluding hydrogens is 238 g/mol. The number of ether oxygens (including phenoxy) is 1. The molecule has 0 fully saturated rings. The molecule has 0 aliphatic rings. The van der Waals surface area contributed by atoms with Gasteiger partial charge < -0.3 is 15.5 Å². The maximum Gasteiger partial charge on any atom is 0.140 e. The van der Waals surface area contributed by atoms with Crippen LogP contribution >= 0.6 is 0 Å². The van der Waals surface area contributed by atoms with Crippen LogP contribution in [0.25, 0.3) is 11.0 Å². The van der Waals surface area contributed by atoms with Crippen LogP contribution in [0.1, 0.15) is 18.5 Å². The van der Waals surface area contributed by atoms with Crippen LogP contribution in [-0.2, 0) is 0 Å². The monoisotopic (exact) mass is 253 g/mol. The summed E-state index contributed by atoms with van der Waals surface area (Å²) in [6.45, 7) is 1.96. The Labute approximate surface area is 111 Å². The highest BCUT2D eigenvalue weighted by Gasteiger charge is 2.05. The van der Waals surface area contributed by atoms with E-state index >= 15 is 0 Å². The predicted molar refractivity (Wildman–Crippen MR) is 75.2 cm³/mol. The van der Waals surface area contributed by atoms with Gasteiger partial charge in [0.25, 0.3) is 0 Å². The van der Waals surface area contributed by atoms with Gasteiger partial charge in [0.05, 0.1) is 5.39 Å². The van der Waals surface area contributed by atoms with E-state index in [1.165, 1.54) is 0 Å². The van der Waals surface area contributed by atoms with E-state index in [1.54, 1.807) is 6.20 Å². The van der Waals surface area contributed by atoms with E-state index in [9.17, 15) is 0 Å². The third-order valence-electron chi connectivity index (χ3n) is 3.05. The number of pyridine rings is 1. The van der Waals surface area contributed by atoms with E-state index in [2.05, 4.69) is 9.97 Å². The Kier molecular flexibility index (Phi) is 2.93. The Morgan fingerprint density at radius 2 is 1.95 bits per heavy atom. The third-order valence-corrected chi connectivity index (χ3v) is 3.05. The fourth-order valence-corrected chi connectivity index (χ4v) is 1.99. The van der Waals surface area contributed by atoms with Gasteiger partial charge in [-0.05, 0) is 36.8 Å². The number of nitrogens with two attached hydrogens (primary N) is 1. The first-order valence-electron chi connectivity index (χ1n) is 6.19. The molecule has 19 heavy (non-hydrogen) atoms. The first-order chi connectivity index (χ1) is 9.24. The zero-order valence-corrected chi connectivity index (χ0v) is 10.6. The largest absolute Gasteiger partial charge is 0.457 e. The van der Waals surface area contributed by atoms with Gasteiger partial charge in [-0.2, -0.15) is 0 Å². The summed E-state index contributed by atoms with van der Waals surface area (Å²) in [5.41, 5.74) is 7.74. The average molecular weight is 253 g/mol. The van der Waals surface area contributed by atoms with E-state index in [4.69, 9.17) is 10.5 Å². The van der Waals surface area contributed by atoms with Crippen LogP contribution in [0.5, 0.6) is 11.5 Å². The minimum atomic E-state index is 0.0337. The van der Waals surface area contributed by atoms with Gasteiger partial charge in [0.1, 0.15) is 17.1 Å². The zero-order chi connectivity index (χ0) is 13.2. The van der Waals surface area contributed by atoms with Gasteiger partial charge in [-0.3, -0.25) is 0 Å². The van der Waals surface area contributed by atoms with Crippen LogP contribution in [0.15, 0.2) is 48.8 Å². The van der Waals surface area contributed by atoms with Crippen LogP contribution in [0.4, 0.5) is 0 Å². The summed E-state index contributed by atoms with van der Waals surface area (Å²) in [6, 6.07) is 11.7. The predicted octanol–water partition coefficient (Wildman–Crippen LogP) is 3.37. The molecule has 3 N–H and O–H groups in total. The molecule has 0 amide bonds. The zero-order valence-electron chi connectivity index (χ0n) is 10.6. The molecule has 4 heteroatoms. The van der Waals surface area contributed by atoms with Gasteiger partial charge in [0.2, 0.25) is 0 Å². The summed E-state index contributed by atoms with van der Waals surface area (Å²) < 4.78 is 5.88. The smallest absolute Gasteiger partial charge is 0.140 e. The quantitative estimate of drug-likeness (QED) is 0.752. The molecule has 0 saturated heterocycles. The van der Waals surface area contributed by atoms with Crippen molar-refractivity contribution in [3.05, 3.63) is 54.4 Å². The van der Waals surface area contributed by atoms with Crippen molar-refractivity contribution in [2.75, 3.05) is 0 Å². The third kappa shape index (κ3) is 2.30. The molecule has 0 radical (unpaired) electrons. The summed E-state index contributed by atoms with van der Waals surface area (Å²) in [6.07, 6.45) is 3.58. The van der Waals surface area contributed by atoms with Gasteiger partial charge in [-0.25, -0.2) is 4.98 Å². The highest BCUT2D eigenvalue weighted by molar-refractivity contribution is 5.82. The SMILES string of the molecule is CC(N)c1ccc(Oc2ccnc3[nH]ccc23)cc1. The number of nitrogens with one attached hydrogen (secondary N) is 1. The second-order valence-electron chi connectivity index (χ2n) is 4.51. The highest BCUT2D eigenvalue weighted by atomic mass is 16.5. The lowest BCUT2D eigenvalue weighted by Gasteiger charge is -2.09. The topological polar surface area (TPSA) is 63.9 Å². The minimum Gasteiger partial charge on any atom is -0.457 e. The van der Waals surface area contributed by atoms with E-state index in [-0.39, 0.29) is 6.04 Å². The summed E-state index contributed by atoms with van der Waals surface area (Å²) in [5, 5.41) is 0.971. The number of rotatable bonds is 3. The molecule has 1 unspecified atom stereocenters. The molecule has 1 atom stereocenters. The van der Waals surface area contributed by atoms with E-state index in [1.807, 2.05) is 49.5 Å². The van der Waals surface area contributed by atoms with Gasteiger partial charge >= 0.3 is 0 Å². The Balaban J connectivity index is 1.90. The molecular formula is C15H15N3O. The molecule has 0 saturated carbocycles. The first-order valence-corrected chi connectivity index (χ1v) is 6.19. The van der Waals surface area contributed by atoms with Crippen molar-refractivity contribution in [3.8, 4) is 11.5 Å². The van der Waals surface area contributed by atoms with Crippen molar-refractivity contribution in [3.63, 3.8) is 0 Å². The summed E-state index contributed by atoms with van der Waals surface area (Å²) in [7, 11) is 0. The van der Waals surface area contributed by atoms with Gasteiger partial charge in [0, 0.05) is 18.4 Å². The van der Waals surface area contributed by atoms with Crippen LogP contribution in [0.2, 0.25) is 0 Å². The maximum atomic E-state index is 5.88. The average Bonchev–Trinajstić information content (AvgIpc) is 2.89. The second kappa shape index (κ2) is 4.74. The van der Waals surface area contributed by atoms with Gasteiger partial charge in [-0.1, -0.05) is 12.1 Å². The van der Waals surface area contributed by atoms with Crippen LogP contribution in [0.3, 0.4) is 0 Å². The number of aromatic nitrogens is 2. The summed E-state index contributed by atoms with van der Waals surface area (Å²) >= 11 is 0. The lowest BCUT2D eigenvalue weighted by Crippen LogP contribution is -2.04. The summed E-state index contributed by atoms with van der Waals surface area (Å²) in [5.74, 6) is 1.58. The second-order valence-corrected chi connectivity index (χ2v) is 4.51. The molecule has 3 aromatic rings. The molecule has 0 bridgehead atoms. The Morgan fingerprint density at radius 3 is 2.68 bits per heavy atom. The van der Waals surface area contributed by atoms with Crippen LogP contribution in [0, 0.1) is 0 Å². The van der Waals surface area contributed by atoms with E-state index < -0.39 is 0 Å². The molecule has 0 aliphatic heterocycles. The van der Waals surface area contributed by atoms with Gasteiger partial charge in [-0.15, -0.1) is 0 Å². The van der Waals surface area contributed by atoms with E-state index in [0.717, 1.165) is 28.1 Å². The van der Waals surface area contributed by atoms with Crippen molar-refractivity contribution in [1.29, 1.82) is 0 Å². The van der Waals surface area contributed by atoms with Crippen molar-refractivity contribution in [1.82, 2.24) is 9.97 Å². The molecule has 2 aromatic heterocycles. The molecule has 0 aliphatic carbocycles. The molecule has 3 rings (SSSR count). The lowest BCUT2D eigenvalue weighted by molar-refractivity contribution is 0.487. The lowest BCUT2D eigenvalue weighted by atomic mass is 10.1. The summed E-state index contributed by atoms with van der Waals surface area (Å²) in [4.78, 5) is 7.29. The number of aromatic amines is 1. The van der Waals surface area contributed by atoms with Gasteiger partial charge in [0.15, 0.2) is 0 Å². The van der Waals surface area contributed by atoms with Crippen LogP contribution in [-0.4, -0.2) is 9.97 Å². The number of fused-ring (bicyclic) bond motifs is 1. The van der Waals surface area contributed by atoms with E-state index in [0.29, 0.717) is 0 Å². The standard InChI is InChI=1S/C15H15N3O/c1-10(16)11-2-4-12(5-3-11)19-14-7-9-18-15-13(14)6-8-17-15/h2-10H,16H2,1H3,(H,17,18).